The van der Waals surface area contributed by atoms with Crippen molar-refractivity contribution in [3.8, 4) is 0 Å². The second-order valence-corrected chi connectivity index (χ2v) is 5.90. The molecule has 0 atom stereocenters. The largest absolute Gasteiger partial charge is 0.235 e. The third-order valence-corrected chi connectivity index (χ3v) is 4.59. The van der Waals surface area contributed by atoms with Crippen molar-refractivity contribution in [2.24, 2.45) is 0 Å². The van der Waals surface area contributed by atoms with E-state index in [4.69, 9.17) is 23.2 Å². The van der Waals surface area contributed by atoms with Crippen LogP contribution in [0.1, 0.15) is 19.4 Å². The van der Waals surface area contributed by atoms with Crippen molar-refractivity contribution in [2.75, 3.05) is 12.4 Å². The van der Waals surface area contributed by atoms with Gasteiger partial charge in [0.15, 0.2) is 0 Å². The monoisotopic (exact) mass is 261 g/mol. The first-order valence-electron chi connectivity index (χ1n) is 4.88. The SMILES string of the molecule is CC1(C)c2c(Cl)cccc2SN1CCCl. The van der Waals surface area contributed by atoms with Crippen LogP contribution < -0.4 is 0 Å². The summed E-state index contributed by atoms with van der Waals surface area (Å²) in [4.78, 5) is 1.25. The standard InChI is InChI=1S/C11H13Cl2NS/c1-11(2)10-8(13)4-3-5-9(10)15-14(11)7-6-12/h3-5H,6-7H2,1-2H3. The molecule has 0 N–H and O–H groups in total. The van der Waals surface area contributed by atoms with E-state index in [1.54, 1.807) is 11.9 Å². The molecule has 0 saturated heterocycles. The van der Waals surface area contributed by atoms with Crippen molar-refractivity contribution in [3.05, 3.63) is 28.8 Å². The Bertz CT molecular complexity index is 379. The normalized spacial score (nSPS) is 19.2. The van der Waals surface area contributed by atoms with E-state index in [1.165, 1.54) is 10.5 Å². The first-order chi connectivity index (χ1) is 7.07. The maximum atomic E-state index is 6.25. The number of alkyl halides is 1. The summed E-state index contributed by atoms with van der Waals surface area (Å²) in [5, 5.41) is 0.849. The molecular weight excluding hydrogens is 249 g/mol. The number of rotatable bonds is 2. The molecule has 15 heavy (non-hydrogen) atoms. The summed E-state index contributed by atoms with van der Waals surface area (Å²) in [6.45, 7) is 5.23. The Morgan fingerprint density at radius 1 is 1.40 bits per heavy atom. The zero-order chi connectivity index (χ0) is 11.1. The van der Waals surface area contributed by atoms with E-state index in [0.29, 0.717) is 5.88 Å². The number of nitrogens with zero attached hydrogens (tertiary/aromatic N) is 1. The molecule has 0 aromatic heterocycles. The fraction of sp³-hybridized carbons (Fsp3) is 0.455. The molecule has 82 valence electrons. The summed E-state index contributed by atoms with van der Waals surface area (Å²) in [5.41, 5.74) is 1.19. The van der Waals surface area contributed by atoms with Crippen LogP contribution in [0, 0.1) is 0 Å². The summed E-state index contributed by atoms with van der Waals surface area (Å²) in [7, 11) is 0. The van der Waals surface area contributed by atoms with Crippen LogP contribution in [0.25, 0.3) is 0 Å². The van der Waals surface area contributed by atoms with E-state index in [9.17, 15) is 0 Å². The molecule has 4 heteroatoms. The molecule has 0 fully saturated rings. The number of halogens is 2. The Morgan fingerprint density at radius 2 is 2.13 bits per heavy atom. The fourth-order valence-corrected chi connectivity index (χ4v) is 3.99. The van der Waals surface area contributed by atoms with Crippen LogP contribution in [0.15, 0.2) is 23.1 Å². The molecule has 1 aliphatic heterocycles. The number of hydrogen-bond donors (Lipinski definition) is 0. The van der Waals surface area contributed by atoms with Gasteiger partial charge in [0, 0.05) is 27.9 Å². The quantitative estimate of drug-likeness (QED) is 0.582. The van der Waals surface area contributed by atoms with Crippen LogP contribution in [-0.2, 0) is 5.54 Å². The van der Waals surface area contributed by atoms with Gasteiger partial charge >= 0.3 is 0 Å². The van der Waals surface area contributed by atoms with E-state index in [2.05, 4.69) is 24.2 Å². The van der Waals surface area contributed by atoms with Gasteiger partial charge in [0.2, 0.25) is 0 Å². The van der Waals surface area contributed by atoms with Crippen molar-refractivity contribution in [2.45, 2.75) is 24.3 Å². The van der Waals surface area contributed by atoms with Crippen LogP contribution in [0.2, 0.25) is 5.02 Å². The summed E-state index contributed by atoms with van der Waals surface area (Å²) >= 11 is 13.8. The lowest BCUT2D eigenvalue weighted by atomic mass is 9.94. The lowest BCUT2D eigenvalue weighted by Crippen LogP contribution is -2.33. The lowest BCUT2D eigenvalue weighted by molar-refractivity contribution is 0.275. The molecule has 1 nitrogen and oxygen atoms in total. The van der Waals surface area contributed by atoms with Gasteiger partial charge in [-0.3, -0.25) is 0 Å². The maximum Gasteiger partial charge on any atom is 0.0535 e. The minimum atomic E-state index is -0.0345. The first kappa shape index (κ1) is 11.6. The van der Waals surface area contributed by atoms with E-state index in [0.717, 1.165) is 11.6 Å². The summed E-state index contributed by atoms with van der Waals surface area (Å²) in [6, 6.07) is 6.06. The highest BCUT2D eigenvalue weighted by molar-refractivity contribution is 7.97. The van der Waals surface area contributed by atoms with Crippen molar-refractivity contribution in [3.63, 3.8) is 0 Å². The highest BCUT2D eigenvalue weighted by atomic mass is 35.5. The molecule has 0 radical (unpaired) electrons. The molecule has 1 aromatic rings. The van der Waals surface area contributed by atoms with Gasteiger partial charge in [-0.1, -0.05) is 17.7 Å². The second kappa shape index (κ2) is 4.17. The van der Waals surface area contributed by atoms with Gasteiger partial charge in [-0.25, -0.2) is 4.31 Å². The molecule has 1 aromatic carbocycles. The molecule has 0 spiro atoms. The maximum absolute atomic E-state index is 6.25. The van der Waals surface area contributed by atoms with Gasteiger partial charge in [-0.2, -0.15) is 0 Å². The third kappa shape index (κ3) is 1.89. The van der Waals surface area contributed by atoms with E-state index >= 15 is 0 Å². The van der Waals surface area contributed by atoms with Crippen molar-refractivity contribution in [1.82, 2.24) is 4.31 Å². The zero-order valence-corrected chi connectivity index (χ0v) is 11.1. The minimum absolute atomic E-state index is 0.0345. The number of benzene rings is 1. The predicted octanol–water partition coefficient (Wildman–Crippen LogP) is 4.14. The smallest absolute Gasteiger partial charge is 0.0535 e. The van der Waals surface area contributed by atoms with Crippen molar-refractivity contribution >= 4 is 35.1 Å². The van der Waals surface area contributed by atoms with Crippen LogP contribution in [0.3, 0.4) is 0 Å². The molecule has 2 rings (SSSR count). The van der Waals surface area contributed by atoms with Gasteiger partial charge in [0.05, 0.1) is 5.54 Å². The molecular formula is C11H13Cl2NS. The van der Waals surface area contributed by atoms with Gasteiger partial charge in [0.25, 0.3) is 0 Å². The Balaban J connectivity index is 2.44. The minimum Gasteiger partial charge on any atom is -0.235 e. The average molecular weight is 262 g/mol. The van der Waals surface area contributed by atoms with Crippen molar-refractivity contribution < 1.29 is 0 Å². The molecule has 0 saturated carbocycles. The van der Waals surface area contributed by atoms with Crippen molar-refractivity contribution in [1.29, 1.82) is 0 Å². The van der Waals surface area contributed by atoms with E-state index in [-0.39, 0.29) is 5.54 Å². The Hall–Kier alpha value is 0.110. The molecule has 1 aliphatic rings. The zero-order valence-electron chi connectivity index (χ0n) is 8.76. The van der Waals surface area contributed by atoms with E-state index in [1.807, 2.05) is 12.1 Å². The topological polar surface area (TPSA) is 3.24 Å². The summed E-state index contributed by atoms with van der Waals surface area (Å²) in [6.07, 6.45) is 0. The molecule has 0 bridgehead atoms. The number of fused-ring (bicyclic) bond motifs is 1. The Morgan fingerprint density at radius 3 is 2.73 bits per heavy atom. The van der Waals surface area contributed by atoms with Gasteiger partial charge in [-0.15, -0.1) is 11.6 Å². The van der Waals surface area contributed by atoms with Crippen LogP contribution in [-0.4, -0.2) is 16.7 Å². The van der Waals surface area contributed by atoms with Gasteiger partial charge in [-0.05, 0) is 37.9 Å². The lowest BCUT2D eigenvalue weighted by Gasteiger charge is -2.30. The number of hydrogen-bond acceptors (Lipinski definition) is 2. The Kier molecular flexibility index (Phi) is 3.22. The van der Waals surface area contributed by atoms with Gasteiger partial charge in [0.1, 0.15) is 0 Å². The molecule has 0 aliphatic carbocycles. The highest BCUT2D eigenvalue weighted by Crippen LogP contribution is 2.50. The fourth-order valence-electron chi connectivity index (χ4n) is 1.93. The van der Waals surface area contributed by atoms with Crippen LogP contribution >= 0.6 is 35.1 Å². The van der Waals surface area contributed by atoms with Gasteiger partial charge < -0.3 is 0 Å². The van der Waals surface area contributed by atoms with E-state index < -0.39 is 0 Å². The summed E-state index contributed by atoms with van der Waals surface area (Å²) < 4.78 is 2.29. The average Bonchev–Trinajstić information content (AvgIpc) is 2.40. The first-order valence-corrected chi connectivity index (χ1v) is 6.56. The summed E-state index contributed by atoms with van der Waals surface area (Å²) in [5.74, 6) is 0.641. The molecule has 0 unspecified atom stereocenters. The Labute approximate surface area is 105 Å². The van der Waals surface area contributed by atoms with Crippen LogP contribution in [0.4, 0.5) is 0 Å². The highest BCUT2D eigenvalue weighted by Gasteiger charge is 2.39. The van der Waals surface area contributed by atoms with Crippen LogP contribution in [0.5, 0.6) is 0 Å². The second-order valence-electron chi connectivity index (χ2n) is 4.05. The third-order valence-electron chi connectivity index (χ3n) is 2.71. The predicted molar refractivity (Wildman–Crippen MR) is 67.8 cm³/mol. The molecule has 1 heterocycles. The molecule has 0 amide bonds.